The molecule has 0 heterocycles. The molecule has 1 atom stereocenters. The summed E-state index contributed by atoms with van der Waals surface area (Å²) in [7, 11) is 0. The van der Waals surface area contributed by atoms with Crippen LogP contribution >= 0.6 is 0 Å². The Morgan fingerprint density at radius 2 is 1.62 bits per heavy atom. The molecule has 0 radical (unpaired) electrons. The highest BCUT2D eigenvalue weighted by Gasteiger charge is 2.08. The lowest BCUT2D eigenvalue weighted by molar-refractivity contribution is 0.151. The van der Waals surface area contributed by atoms with Crippen LogP contribution < -0.4 is 0 Å². The van der Waals surface area contributed by atoms with Crippen molar-refractivity contribution in [3.63, 3.8) is 0 Å². The van der Waals surface area contributed by atoms with Crippen molar-refractivity contribution in [3.05, 3.63) is 35.4 Å². The maximum absolute atomic E-state index is 12.1. The van der Waals surface area contributed by atoms with E-state index in [0.29, 0.717) is 5.56 Å². The maximum atomic E-state index is 12.1. The fourth-order valence-electron chi connectivity index (χ4n) is 0.898. The Hall–Kier alpha value is -1.47. The first-order valence-corrected chi connectivity index (χ1v) is 3.61. The molecule has 0 fully saturated rings. The lowest BCUT2D eigenvalue weighted by Crippen LogP contribution is -1.93. The number of hydrogen-bond donors (Lipinski definition) is 1. The molecule has 0 aliphatic carbocycles. The first-order chi connectivity index (χ1) is 6.15. The normalized spacial score (nSPS) is 12.5. The van der Waals surface area contributed by atoms with Crippen LogP contribution in [0.15, 0.2) is 24.3 Å². The molecule has 0 aromatic heterocycles. The molecule has 1 unspecified atom stereocenters. The SMILES string of the molecule is N#CC(O)c1ccc(C(F)F)cc1. The van der Waals surface area contributed by atoms with E-state index in [1.54, 1.807) is 6.07 Å². The smallest absolute Gasteiger partial charge is 0.263 e. The van der Waals surface area contributed by atoms with Gasteiger partial charge in [-0.25, -0.2) is 8.78 Å². The van der Waals surface area contributed by atoms with Gasteiger partial charge in [-0.2, -0.15) is 5.26 Å². The Kier molecular flexibility index (Phi) is 2.93. The second kappa shape index (κ2) is 3.97. The van der Waals surface area contributed by atoms with Crippen LogP contribution in [0.25, 0.3) is 0 Å². The zero-order valence-electron chi connectivity index (χ0n) is 6.61. The van der Waals surface area contributed by atoms with Gasteiger partial charge in [0.05, 0.1) is 6.07 Å². The number of benzene rings is 1. The number of rotatable bonds is 2. The van der Waals surface area contributed by atoms with Gasteiger partial charge in [0.2, 0.25) is 0 Å². The summed E-state index contributed by atoms with van der Waals surface area (Å²) in [6.07, 6.45) is -3.76. The Labute approximate surface area is 74.0 Å². The maximum Gasteiger partial charge on any atom is 0.263 e. The number of aliphatic hydroxyl groups excluding tert-OH is 1. The van der Waals surface area contributed by atoms with Crippen LogP contribution in [-0.4, -0.2) is 5.11 Å². The molecular weight excluding hydrogens is 176 g/mol. The van der Waals surface area contributed by atoms with Gasteiger partial charge in [0.1, 0.15) is 0 Å². The highest BCUT2D eigenvalue weighted by molar-refractivity contribution is 5.27. The molecule has 0 saturated carbocycles. The van der Waals surface area contributed by atoms with E-state index in [4.69, 9.17) is 10.4 Å². The molecule has 4 heteroatoms. The van der Waals surface area contributed by atoms with Gasteiger partial charge in [0.25, 0.3) is 6.43 Å². The zero-order chi connectivity index (χ0) is 9.84. The highest BCUT2D eigenvalue weighted by Crippen LogP contribution is 2.20. The van der Waals surface area contributed by atoms with E-state index in [1.807, 2.05) is 0 Å². The second-order valence-electron chi connectivity index (χ2n) is 2.50. The average molecular weight is 183 g/mol. The minimum absolute atomic E-state index is 0.117. The van der Waals surface area contributed by atoms with E-state index in [0.717, 1.165) is 0 Å². The minimum atomic E-state index is -2.52. The van der Waals surface area contributed by atoms with Gasteiger partial charge in [0.15, 0.2) is 6.10 Å². The molecule has 0 amide bonds. The van der Waals surface area contributed by atoms with Crippen LogP contribution in [0.3, 0.4) is 0 Å². The Morgan fingerprint density at radius 1 is 1.15 bits per heavy atom. The molecule has 68 valence electrons. The monoisotopic (exact) mass is 183 g/mol. The fraction of sp³-hybridized carbons (Fsp3) is 0.222. The molecule has 1 aromatic carbocycles. The minimum Gasteiger partial charge on any atom is -0.374 e. The van der Waals surface area contributed by atoms with Crippen LogP contribution in [0.5, 0.6) is 0 Å². The van der Waals surface area contributed by atoms with Crippen molar-refractivity contribution in [2.75, 3.05) is 0 Å². The molecule has 0 saturated heterocycles. The van der Waals surface area contributed by atoms with Crippen molar-refractivity contribution in [2.45, 2.75) is 12.5 Å². The van der Waals surface area contributed by atoms with E-state index >= 15 is 0 Å². The van der Waals surface area contributed by atoms with Crippen LogP contribution in [0, 0.1) is 11.3 Å². The Balaban J connectivity index is 2.89. The van der Waals surface area contributed by atoms with Crippen LogP contribution in [-0.2, 0) is 0 Å². The first-order valence-electron chi connectivity index (χ1n) is 3.61. The molecule has 1 aromatic rings. The Bertz CT molecular complexity index is 315. The third kappa shape index (κ3) is 2.23. The van der Waals surface area contributed by atoms with Crippen molar-refractivity contribution in [1.82, 2.24) is 0 Å². The fourth-order valence-corrected chi connectivity index (χ4v) is 0.898. The Morgan fingerprint density at radius 3 is 2.00 bits per heavy atom. The number of nitrogens with zero attached hydrogens (tertiary/aromatic N) is 1. The largest absolute Gasteiger partial charge is 0.374 e. The summed E-state index contributed by atoms with van der Waals surface area (Å²) >= 11 is 0. The van der Waals surface area contributed by atoms with Gasteiger partial charge in [-0.3, -0.25) is 0 Å². The summed E-state index contributed by atoms with van der Waals surface area (Å²) < 4.78 is 24.1. The van der Waals surface area contributed by atoms with Crippen molar-refractivity contribution in [1.29, 1.82) is 5.26 Å². The number of halogens is 2. The van der Waals surface area contributed by atoms with E-state index in [-0.39, 0.29) is 5.56 Å². The molecule has 1 N–H and O–H groups in total. The van der Waals surface area contributed by atoms with Crippen molar-refractivity contribution in [2.24, 2.45) is 0 Å². The van der Waals surface area contributed by atoms with E-state index in [1.165, 1.54) is 24.3 Å². The van der Waals surface area contributed by atoms with Crippen LogP contribution in [0.1, 0.15) is 23.7 Å². The quantitative estimate of drug-likeness (QED) is 0.714. The van der Waals surface area contributed by atoms with Gasteiger partial charge in [0, 0.05) is 5.56 Å². The second-order valence-corrected chi connectivity index (χ2v) is 2.50. The van der Waals surface area contributed by atoms with E-state index < -0.39 is 12.5 Å². The predicted octanol–water partition coefficient (Wildman–Crippen LogP) is 2.18. The topological polar surface area (TPSA) is 44.0 Å². The molecule has 1 rings (SSSR count). The summed E-state index contributed by atoms with van der Waals surface area (Å²) in [5.41, 5.74) is 0.209. The highest BCUT2D eigenvalue weighted by atomic mass is 19.3. The van der Waals surface area contributed by atoms with Crippen molar-refractivity contribution >= 4 is 0 Å². The van der Waals surface area contributed by atoms with E-state index in [2.05, 4.69) is 0 Å². The third-order valence-electron chi connectivity index (χ3n) is 1.63. The van der Waals surface area contributed by atoms with Crippen LogP contribution in [0.2, 0.25) is 0 Å². The van der Waals surface area contributed by atoms with Gasteiger partial charge < -0.3 is 5.11 Å². The molecule has 0 spiro atoms. The summed E-state index contributed by atoms with van der Waals surface area (Å²) in [5.74, 6) is 0. The van der Waals surface area contributed by atoms with E-state index in [9.17, 15) is 8.78 Å². The summed E-state index contributed by atoms with van der Waals surface area (Å²) in [5, 5.41) is 17.3. The van der Waals surface area contributed by atoms with Crippen LogP contribution in [0.4, 0.5) is 8.78 Å². The number of aliphatic hydroxyl groups is 1. The summed E-state index contributed by atoms with van der Waals surface area (Å²) in [4.78, 5) is 0. The zero-order valence-corrected chi connectivity index (χ0v) is 6.61. The van der Waals surface area contributed by atoms with Crippen molar-refractivity contribution < 1.29 is 13.9 Å². The molecule has 0 aliphatic heterocycles. The predicted molar refractivity (Wildman–Crippen MR) is 42.0 cm³/mol. The van der Waals surface area contributed by atoms with Gasteiger partial charge in [-0.05, 0) is 5.56 Å². The molecule has 0 bridgehead atoms. The molecular formula is C9H7F2NO. The number of alkyl halides is 2. The third-order valence-corrected chi connectivity index (χ3v) is 1.63. The number of hydrogen-bond acceptors (Lipinski definition) is 2. The average Bonchev–Trinajstić information content (AvgIpc) is 2.17. The standard InChI is InChI=1S/C9H7F2NO/c10-9(11)7-3-1-6(2-4-7)8(13)5-12/h1-4,8-9,13H. The van der Waals surface area contributed by atoms with Crippen molar-refractivity contribution in [3.8, 4) is 6.07 Å². The lowest BCUT2D eigenvalue weighted by atomic mass is 10.1. The number of nitriles is 1. The van der Waals surface area contributed by atoms with Gasteiger partial charge >= 0.3 is 0 Å². The van der Waals surface area contributed by atoms with Gasteiger partial charge in [-0.15, -0.1) is 0 Å². The molecule has 2 nitrogen and oxygen atoms in total. The summed E-state index contributed by atoms with van der Waals surface area (Å²) in [6.45, 7) is 0. The first kappa shape index (κ1) is 9.62. The molecule has 0 aliphatic rings. The molecule has 13 heavy (non-hydrogen) atoms. The van der Waals surface area contributed by atoms with Gasteiger partial charge in [-0.1, -0.05) is 24.3 Å². The summed E-state index contributed by atoms with van der Waals surface area (Å²) in [6, 6.07) is 6.62. The lowest BCUT2D eigenvalue weighted by Gasteiger charge is -2.03.